The van der Waals surface area contributed by atoms with Gasteiger partial charge in [-0.25, -0.2) is 9.97 Å². The minimum Gasteiger partial charge on any atom is -0.394 e. The first-order valence-electron chi connectivity index (χ1n) is 11.2. The molecule has 1 N–H and O–H groups in total. The molecule has 0 bridgehead atoms. The molecule has 8 nitrogen and oxygen atoms in total. The molecule has 8 heteroatoms. The van der Waals surface area contributed by atoms with Crippen LogP contribution in [0, 0.1) is 11.8 Å². The Balaban J connectivity index is 1.50. The lowest BCUT2D eigenvalue weighted by molar-refractivity contribution is -0.133. The van der Waals surface area contributed by atoms with Crippen LogP contribution in [-0.4, -0.2) is 61.9 Å². The van der Waals surface area contributed by atoms with Crippen molar-refractivity contribution in [3.05, 3.63) is 24.2 Å². The van der Waals surface area contributed by atoms with E-state index in [2.05, 4.69) is 16.8 Å². The summed E-state index contributed by atoms with van der Waals surface area (Å²) >= 11 is 0. The maximum absolute atomic E-state index is 13.0. The molecule has 3 aliphatic rings. The molecule has 2 aliphatic heterocycles. The van der Waals surface area contributed by atoms with Gasteiger partial charge in [0, 0.05) is 43.5 Å². The summed E-state index contributed by atoms with van der Waals surface area (Å²) in [7, 11) is 0. The fraction of sp³-hybridized carbons (Fsp3) is 0.636. The van der Waals surface area contributed by atoms with Crippen molar-refractivity contribution in [2.75, 3.05) is 31.1 Å². The molecule has 2 aromatic heterocycles. The summed E-state index contributed by atoms with van der Waals surface area (Å²) in [6.45, 7) is 5.38. The first-order valence-corrected chi connectivity index (χ1v) is 11.2. The Morgan fingerprint density at radius 3 is 2.77 bits per heavy atom. The molecular weight excluding hydrogens is 380 g/mol. The van der Waals surface area contributed by atoms with Crippen LogP contribution in [0.1, 0.15) is 50.8 Å². The normalized spacial score (nSPS) is 25.9. The molecular formula is C22H30N6O2. The summed E-state index contributed by atoms with van der Waals surface area (Å²) in [6.07, 6.45) is 9.03. The molecule has 1 aliphatic carbocycles. The van der Waals surface area contributed by atoms with E-state index in [1.165, 1.54) is 12.8 Å². The quantitative estimate of drug-likeness (QED) is 0.786. The fourth-order valence-corrected chi connectivity index (χ4v) is 4.86. The second-order valence-electron chi connectivity index (χ2n) is 8.86. The highest BCUT2D eigenvalue weighted by Gasteiger charge is 2.45. The van der Waals surface area contributed by atoms with Crippen LogP contribution in [0.4, 0.5) is 5.95 Å². The first kappa shape index (κ1) is 19.5. The van der Waals surface area contributed by atoms with Gasteiger partial charge < -0.3 is 14.9 Å². The third kappa shape index (κ3) is 3.57. The summed E-state index contributed by atoms with van der Waals surface area (Å²) in [5.41, 5.74) is 2.68. The highest BCUT2D eigenvalue weighted by molar-refractivity contribution is 5.82. The van der Waals surface area contributed by atoms with Crippen LogP contribution in [0.15, 0.2) is 18.5 Å². The Labute approximate surface area is 176 Å². The zero-order valence-corrected chi connectivity index (χ0v) is 17.6. The van der Waals surface area contributed by atoms with E-state index >= 15 is 0 Å². The Morgan fingerprint density at radius 2 is 2.03 bits per heavy atom. The predicted octanol–water partition coefficient (Wildman–Crippen LogP) is 2.25. The van der Waals surface area contributed by atoms with E-state index in [1.54, 1.807) is 4.68 Å². The fourth-order valence-electron chi connectivity index (χ4n) is 4.86. The molecule has 0 spiro atoms. The van der Waals surface area contributed by atoms with Crippen LogP contribution in [0.25, 0.3) is 11.3 Å². The SMILES string of the molecule is C[C@@H]1C[C@H]1C(=O)N1CCC[C@H]1c1nn(CCO)cc1-c1ccnc(N2CCCC2)n1. The summed E-state index contributed by atoms with van der Waals surface area (Å²) in [5, 5.41) is 14.2. The number of aliphatic hydroxyl groups is 1. The van der Waals surface area contributed by atoms with Crippen LogP contribution < -0.4 is 4.90 Å². The molecule has 1 saturated carbocycles. The predicted molar refractivity (Wildman–Crippen MR) is 113 cm³/mol. The number of nitrogens with zero attached hydrogens (tertiary/aromatic N) is 6. The number of rotatable bonds is 6. The average molecular weight is 411 g/mol. The Bertz CT molecular complexity index is 922. The number of carbonyl (C=O) groups excluding carboxylic acids is 1. The van der Waals surface area contributed by atoms with E-state index < -0.39 is 0 Å². The Hall–Kier alpha value is -2.48. The maximum Gasteiger partial charge on any atom is 0.226 e. The molecule has 3 fully saturated rings. The third-order valence-electron chi connectivity index (χ3n) is 6.71. The van der Waals surface area contributed by atoms with Crippen LogP contribution >= 0.6 is 0 Å². The monoisotopic (exact) mass is 410 g/mol. The number of hydrogen-bond acceptors (Lipinski definition) is 6. The summed E-state index contributed by atoms with van der Waals surface area (Å²) in [4.78, 5) is 26.6. The van der Waals surface area contributed by atoms with Crippen LogP contribution in [-0.2, 0) is 11.3 Å². The van der Waals surface area contributed by atoms with Crippen LogP contribution in [0.3, 0.4) is 0 Å². The van der Waals surface area contributed by atoms with Crippen molar-refractivity contribution in [1.29, 1.82) is 0 Å². The largest absolute Gasteiger partial charge is 0.394 e. The van der Waals surface area contributed by atoms with Gasteiger partial charge in [0.2, 0.25) is 11.9 Å². The summed E-state index contributed by atoms with van der Waals surface area (Å²) < 4.78 is 1.78. The number of amides is 1. The smallest absolute Gasteiger partial charge is 0.226 e. The van der Waals surface area contributed by atoms with Gasteiger partial charge in [-0.15, -0.1) is 0 Å². The van der Waals surface area contributed by atoms with E-state index in [0.29, 0.717) is 12.5 Å². The first-order chi connectivity index (χ1) is 14.7. The van der Waals surface area contributed by atoms with E-state index in [0.717, 1.165) is 61.8 Å². The molecule has 30 heavy (non-hydrogen) atoms. The van der Waals surface area contributed by atoms with Crippen molar-refractivity contribution in [1.82, 2.24) is 24.6 Å². The summed E-state index contributed by atoms with van der Waals surface area (Å²) in [5.74, 6) is 1.70. The number of aromatic nitrogens is 4. The van der Waals surface area contributed by atoms with Crippen molar-refractivity contribution in [3.63, 3.8) is 0 Å². The number of carbonyl (C=O) groups is 1. The third-order valence-corrected chi connectivity index (χ3v) is 6.71. The topological polar surface area (TPSA) is 87.4 Å². The van der Waals surface area contributed by atoms with Crippen molar-refractivity contribution in [3.8, 4) is 11.3 Å². The van der Waals surface area contributed by atoms with Crippen molar-refractivity contribution >= 4 is 11.9 Å². The lowest BCUT2D eigenvalue weighted by Gasteiger charge is -2.24. The lowest BCUT2D eigenvalue weighted by atomic mass is 10.0. The highest BCUT2D eigenvalue weighted by Crippen LogP contribution is 2.44. The average Bonchev–Trinajstić information content (AvgIpc) is 3.24. The van der Waals surface area contributed by atoms with Gasteiger partial charge in [0.05, 0.1) is 30.6 Å². The molecule has 2 aromatic rings. The molecule has 3 atom stereocenters. The zero-order valence-electron chi connectivity index (χ0n) is 17.6. The number of anilines is 1. The maximum atomic E-state index is 13.0. The van der Waals surface area contributed by atoms with E-state index in [-0.39, 0.29) is 24.5 Å². The van der Waals surface area contributed by atoms with Gasteiger partial charge in [-0.3, -0.25) is 9.48 Å². The van der Waals surface area contributed by atoms with Crippen LogP contribution in [0.5, 0.6) is 0 Å². The van der Waals surface area contributed by atoms with Crippen molar-refractivity contribution in [2.24, 2.45) is 11.8 Å². The van der Waals surface area contributed by atoms with E-state index in [4.69, 9.17) is 10.1 Å². The zero-order chi connectivity index (χ0) is 20.7. The standard InChI is InChI=1S/C22H30N6O2/c1-15-13-16(15)21(30)28-10-4-5-19(28)20-17(14-27(25-20)11-12-29)18-6-7-23-22(24-18)26-8-2-3-9-26/h6-7,14-16,19,29H,2-5,8-13H2,1H3/t15-,16-,19+/m1/s1. The molecule has 1 amide bonds. The molecule has 4 heterocycles. The summed E-state index contributed by atoms with van der Waals surface area (Å²) in [6, 6.07) is 1.90. The van der Waals surface area contributed by atoms with E-state index in [9.17, 15) is 9.90 Å². The van der Waals surface area contributed by atoms with E-state index in [1.807, 2.05) is 23.4 Å². The highest BCUT2D eigenvalue weighted by atomic mass is 16.3. The number of hydrogen-bond donors (Lipinski definition) is 1. The molecule has 0 unspecified atom stereocenters. The molecule has 0 radical (unpaired) electrons. The van der Waals surface area contributed by atoms with Crippen LogP contribution in [0.2, 0.25) is 0 Å². The lowest BCUT2D eigenvalue weighted by Crippen LogP contribution is -2.32. The van der Waals surface area contributed by atoms with Gasteiger partial charge in [0.25, 0.3) is 0 Å². The second kappa shape index (κ2) is 7.98. The Kier molecular flexibility index (Phi) is 5.18. The molecule has 5 rings (SSSR count). The van der Waals surface area contributed by atoms with Gasteiger partial charge in [0.1, 0.15) is 0 Å². The minimum absolute atomic E-state index is 0.0227. The molecule has 160 valence electrons. The van der Waals surface area contributed by atoms with Gasteiger partial charge in [-0.05, 0) is 44.1 Å². The number of likely N-dealkylation sites (tertiary alicyclic amines) is 1. The van der Waals surface area contributed by atoms with Gasteiger partial charge in [-0.1, -0.05) is 6.92 Å². The van der Waals surface area contributed by atoms with Gasteiger partial charge in [0.15, 0.2) is 0 Å². The van der Waals surface area contributed by atoms with Gasteiger partial charge in [-0.2, -0.15) is 5.10 Å². The van der Waals surface area contributed by atoms with Gasteiger partial charge >= 0.3 is 0 Å². The Morgan fingerprint density at radius 1 is 1.23 bits per heavy atom. The number of aliphatic hydroxyl groups excluding tert-OH is 1. The molecule has 2 saturated heterocycles. The minimum atomic E-state index is -0.0227. The van der Waals surface area contributed by atoms with Crippen molar-refractivity contribution < 1.29 is 9.90 Å². The molecule has 0 aromatic carbocycles. The van der Waals surface area contributed by atoms with Crippen molar-refractivity contribution in [2.45, 2.75) is 51.6 Å². The second-order valence-corrected chi connectivity index (χ2v) is 8.86.